The SMILES string of the molecule is O=C(/C=C/c1ccccc1)c1ccc(C(=O)OCCCCCCO[Si](Cl)(Cl)Cl)cc1. The van der Waals surface area contributed by atoms with Gasteiger partial charge in [-0.1, -0.05) is 88.2 Å². The molecule has 0 bridgehead atoms. The second-order valence-corrected chi connectivity index (χ2v) is 14.2. The largest absolute Gasteiger partial charge is 0.493 e. The molecule has 0 N–H and O–H groups in total. The number of benzene rings is 2. The predicted octanol–water partition coefficient (Wildman–Crippen LogP) is 6.47. The molecular weight excluding hydrogens is 463 g/mol. The Kier molecular flexibility index (Phi) is 10.6. The second-order valence-electron chi connectivity index (χ2n) is 6.53. The van der Waals surface area contributed by atoms with Crippen molar-refractivity contribution in [2.24, 2.45) is 0 Å². The fourth-order valence-electron chi connectivity index (χ4n) is 2.60. The molecule has 2 rings (SSSR count). The molecule has 0 radical (unpaired) electrons. The summed E-state index contributed by atoms with van der Waals surface area (Å²) in [5, 5.41) is 0. The molecule has 8 heteroatoms. The standard InChI is InChI=1S/C22H23Cl3O4Si/c23-30(24,25)29-17-7-2-1-6-16-28-22(27)20-13-11-19(12-14-20)21(26)15-10-18-8-4-3-5-9-18/h3-5,8-15H,1-2,6-7,16-17H2/b15-10+. The Morgan fingerprint density at radius 3 is 2.03 bits per heavy atom. The Labute approximate surface area is 192 Å². The van der Waals surface area contributed by atoms with Crippen molar-refractivity contribution in [2.75, 3.05) is 13.2 Å². The van der Waals surface area contributed by atoms with E-state index in [-0.39, 0.29) is 5.78 Å². The lowest BCUT2D eigenvalue weighted by molar-refractivity contribution is 0.0497. The zero-order valence-electron chi connectivity index (χ0n) is 16.4. The molecule has 0 atom stereocenters. The number of allylic oxidation sites excluding steroid dienone is 1. The average molecular weight is 486 g/mol. The van der Waals surface area contributed by atoms with Crippen LogP contribution in [0.15, 0.2) is 60.7 Å². The van der Waals surface area contributed by atoms with Crippen LogP contribution in [-0.2, 0) is 9.16 Å². The Morgan fingerprint density at radius 1 is 0.800 bits per heavy atom. The van der Waals surface area contributed by atoms with Gasteiger partial charge in [0.2, 0.25) is 0 Å². The van der Waals surface area contributed by atoms with Crippen LogP contribution in [0.2, 0.25) is 0 Å². The molecule has 2 aromatic rings. The summed E-state index contributed by atoms with van der Waals surface area (Å²) in [5.74, 6) is -0.528. The van der Waals surface area contributed by atoms with E-state index in [9.17, 15) is 9.59 Å². The van der Waals surface area contributed by atoms with Crippen molar-refractivity contribution in [3.05, 3.63) is 77.4 Å². The molecule has 0 aliphatic rings. The maximum Gasteiger partial charge on any atom is 0.493 e. The molecule has 2 aromatic carbocycles. The van der Waals surface area contributed by atoms with Crippen molar-refractivity contribution in [2.45, 2.75) is 25.7 Å². The molecule has 0 aromatic heterocycles. The van der Waals surface area contributed by atoms with E-state index in [0.717, 1.165) is 31.2 Å². The van der Waals surface area contributed by atoms with Crippen molar-refractivity contribution in [1.29, 1.82) is 0 Å². The summed E-state index contributed by atoms with van der Waals surface area (Å²) in [4.78, 5) is 24.3. The van der Waals surface area contributed by atoms with E-state index in [1.165, 1.54) is 6.08 Å². The van der Waals surface area contributed by atoms with Gasteiger partial charge in [-0.3, -0.25) is 4.79 Å². The predicted molar refractivity (Wildman–Crippen MR) is 124 cm³/mol. The summed E-state index contributed by atoms with van der Waals surface area (Å²) in [5.41, 5.74) is 1.88. The number of ketones is 1. The number of unbranched alkanes of at least 4 members (excludes halogenated alkanes) is 3. The van der Waals surface area contributed by atoms with Gasteiger partial charge in [0, 0.05) is 12.2 Å². The van der Waals surface area contributed by atoms with Crippen LogP contribution < -0.4 is 0 Å². The van der Waals surface area contributed by atoms with E-state index in [0.29, 0.717) is 24.3 Å². The lowest BCUT2D eigenvalue weighted by Gasteiger charge is -2.09. The monoisotopic (exact) mass is 484 g/mol. The maximum atomic E-state index is 12.2. The number of rotatable bonds is 12. The first-order valence-corrected chi connectivity index (χ1v) is 14.5. The van der Waals surface area contributed by atoms with Gasteiger partial charge >= 0.3 is 12.2 Å². The van der Waals surface area contributed by atoms with Crippen molar-refractivity contribution in [3.8, 4) is 0 Å². The molecule has 0 spiro atoms. The van der Waals surface area contributed by atoms with E-state index in [1.54, 1.807) is 30.3 Å². The number of hydrogen-bond donors (Lipinski definition) is 0. The topological polar surface area (TPSA) is 52.6 Å². The number of carbonyl (C=O) groups excluding carboxylic acids is 2. The third-order valence-corrected chi connectivity index (χ3v) is 5.68. The third kappa shape index (κ3) is 9.91. The molecule has 0 fully saturated rings. The van der Waals surface area contributed by atoms with Gasteiger partial charge in [0.15, 0.2) is 5.78 Å². The first-order valence-electron chi connectivity index (χ1n) is 9.60. The third-order valence-electron chi connectivity index (χ3n) is 4.17. The smallest absolute Gasteiger partial charge is 0.462 e. The normalized spacial score (nSPS) is 11.6. The molecule has 160 valence electrons. The summed E-state index contributed by atoms with van der Waals surface area (Å²) < 4.78 is 10.4. The van der Waals surface area contributed by atoms with Crippen LogP contribution in [0.5, 0.6) is 0 Å². The highest BCUT2D eigenvalue weighted by Crippen LogP contribution is 2.21. The minimum atomic E-state index is -2.99. The number of hydrogen-bond acceptors (Lipinski definition) is 4. The van der Waals surface area contributed by atoms with Crippen LogP contribution in [0.4, 0.5) is 0 Å². The molecule has 30 heavy (non-hydrogen) atoms. The average Bonchev–Trinajstić information content (AvgIpc) is 2.74. The molecule has 0 unspecified atom stereocenters. The van der Waals surface area contributed by atoms with E-state index >= 15 is 0 Å². The van der Waals surface area contributed by atoms with Gasteiger partial charge in [0.1, 0.15) is 0 Å². The van der Waals surface area contributed by atoms with Gasteiger partial charge in [-0.25, -0.2) is 4.79 Å². The minimum absolute atomic E-state index is 0.125. The summed E-state index contributed by atoms with van der Waals surface area (Å²) in [7, 11) is 0. The number of esters is 1. The quantitative estimate of drug-likeness (QED) is 0.0863. The van der Waals surface area contributed by atoms with Crippen molar-refractivity contribution in [1.82, 2.24) is 0 Å². The highest BCUT2D eigenvalue weighted by atomic mass is 35.8. The Hall–Kier alpha value is -1.63. The van der Waals surface area contributed by atoms with Gasteiger partial charge in [-0.05, 0) is 43.0 Å². The zero-order chi connectivity index (χ0) is 21.8. The van der Waals surface area contributed by atoms with Crippen molar-refractivity contribution in [3.63, 3.8) is 0 Å². The van der Waals surface area contributed by atoms with Crippen LogP contribution in [0.1, 0.15) is 52.0 Å². The van der Waals surface area contributed by atoms with Crippen molar-refractivity contribution < 1.29 is 18.8 Å². The molecule has 0 amide bonds. The summed E-state index contributed by atoms with van der Waals surface area (Å²) in [6, 6.07) is 16.0. The Bertz CT molecular complexity index is 834. The van der Waals surface area contributed by atoms with Gasteiger partial charge in [0.05, 0.1) is 12.2 Å². The molecule has 4 nitrogen and oxygen atoms in total. The van der Waals surface area contributed by atoms with Crippen LogP contribution in [0, 0.1) is 0 Å². The van der Waals surface area contributed by atoms with Crippen LogP contribution in [0.3, 0.4) is 0 Å². The first-order chi connectivity index (χ1) is 14.3. The van der Waals surface area contributed by atoms with E-state index in [2.05, 4.69) is 0 Å². The molecule has 0 aliphatic carbocycles. The van der Waals surface area contributed by atoms with E-state index in [4.69, 9.17) is 42.4 Å². The Balaban J connectivity index is 1.68. The Morgan fingerprint density at radius 2 is 1.40 bits per heavy atom. The lowest BCUT2D eigenvalue weighted by atomic mass is 10.1. The van der Waals surface area contributed by atoms with Crippen LogP contribution in [0.25, 0.3) is 6.08 Å². The number of carbonyl (C=O) groups is 2. The zero-order valence-corrected chi connectivity index (χ0v) is 19.6. The highest BCUT2D eigenvalue weighted by molar-refractivity contribution is 7.62. The maximum absolute atomic E-state index is 12.2. The molecule has 0 saturated carbocycles. The lowest BCUT2D eigenvalue weighted by Crippen LogP contribution is -2.16. The van der Waals surface area contributed by atoms with Gasteiger partial charge in [-0.15, -0.1) is 0 Å². The van der Waals surface area contributed by atoms with Gasteiger partial charge < -0.3 is 9.16 Å². The number of ether oxygens (including phenoxy) is 1. The van der Waals surface area contributed by atoms with Crippen LogP contribution in [-0.4, -0.2) is 31.2 Å². The minimum Gasteiger partial charge on any atom is -0.462 e. The first kappa shape index (κ1) is 24.6. The summed E-state index contributed by atoms with van der Waals surface area (Å²) in [6.45, 7) is 0.757. The van der Waals surface area contributed by atoms with Gasteiger partial charge in [-0.2, -0.15) is 0 Å². The molecule has 0 aliphatic heterocycles. The molecular formula is C22H23Cl3O4Si. The molecule has 0 saturated heterocycles. The van der Waals surface area contributed by atoms with Crippen molar-refractivity contribution >= 4 is 57.3 Å². The fourth-order valence-corrected chi connectivity index (χ4v) is 3.67. The molecule has 0 heterocycles. The second kappa shape index (κ2) is 12.9. The highest BCUT2D eigenvalue weighted by Gasteiger charge is 2.26. The van der Waals surface area contributed by atoms with E-state index < -0.39 is 12.2 Å². The van der Waals surface area contributed by atoms with E-state index in [1.807, 2.05) is 30.3 Å². The summed E-state index contributed by atoms with van der Waals surface area (Å²) >= 11 is 16.9. The van der Waals surface area contributed by atoms with Gasteiger partial charge in [0.25, 0.3) is 0 Å². The summed E-state index contributed by atoms with van der Waals surface area (Å²) in [6.07, 6.45) is 3.62. The number of halogens is 3. The fraction of sp³-hybridized carbons (Fsp3) is 0.273. The van der Waals surface area contributed by atoms with Crippen LogP contribution >= 0.6 is 33.2 Å².